The number of carbonyl (C=O) groups is 2. The first-order valence-electron chi connectivity index (χ1n) is 9.46. The van der Waals surface area contributed by atoms with E-state index in [0.717, 1.165) is 16.8 Å². The van der Waals surface area contributed by atoms with E-state index < -0.39 is 0 Å². The molecule has 0 aliphatic carbocycles. The van der Waals surface area contributed by atoms with Crippen molar-refractivity contribution >= 4 is 29.1 Å². The highest BCUT2D eigenvalue weighted by Gasteiger charge is 2.35. The molecule has 4 rings (SSSR count). The van der Waals surface area contributed by atoms with Gasteiger partial charge in [-0.05, 0) is 35.4 Å². The summed E-state index contributed by atoms with van der Waals surface area (Å²) in [4.78, 5) is 30.8. The summed E-state index contributed by atoms with van der Waals surface area (Å²) in [6, 6.07) is 15.1. The van der Waals surface area contributed by atoms with Crippen LogP contribution in [0.25, 0.3) is 0 Å². The number of benzene rings is 2. The third-order valence-electron chi connectivity index (χ3n) is 5.12. The zero-order valence-electron chi connectivity index (χ0n) is 15.8. The third-order valence-corrected chi connectivity index (χ3v) is 5.37. The Hall–Kier alpha value is -3.12. The zero-order chi connectivity index (χ0) is 20.2. The quantitative estimate of drug-likeness (QED) is 0.680. The normalized spacial score (nSPS) is 16.2. The number of halogens is 1. The molecule has 0 bridgehead atoms. The molecule has 1 fully saturated rings. The Bertz CT molecular complexity index is 1000. The van der Waals surface area contributed by atoms with Crippen molar-refractivity contribution in [2.75, 3.05) is 11.4 Å². The number of carbonyl (C=O) groups excluding carboxylic acids is 2. The first-order valence-corrected chi connectivity index (χ1v) is 9.84. The first kappa shape index (κ1) is 19.2. The minimum absolute atomic E-state index is 0.0482. The van der Waals surface area contributed by atoms with E-state index in [-0.39, 0.29) is 24.2 Å². The SMILES string of the molecule is O=C(NCc1ccccc1Cn1ccnc1)C1CC(=O)N(c2ccc(Cl)cc2)C1. The van der Waals surface area contributed by atoms with Crippen molar-refractivity contribution in [3.8, 4) is 0 Å². The third kappa shape index (κ3) is 4.49. The standard InChI is InChI=1S/C22H21ClN4O2/c23-19-5-7-20(8-6-19)27-14-18(11-21(27)28)22(29)25-12-16-3-1-2-4-17(16)13-26-10-9-24-15-26/h1-10,15,18H,11-14H2,(H,25,29). The lowest BCUT2D eigenvalue weighted by Crippen LogP contribution is -2.32. The summed E-state index contributed by atoms with van der Waals surface area (Å²) in [6.45, 7) is 1.50. The number of hydrogen-bond donors (Lipinski definition) is 1. The van der Waals surface area contributed by atoms with Crippen molar-refractivity contribution in [1.29, 1.82) is 0 Å². The fourth-order valence-corrected chi connectivity index (χ4v) is 3.67. The van der Waals surface area contributed by atoms with Gasteiger partial charge < -0.3 is 14.8 Å². The molecule has 1 N–H and O–H groups in total. The highest BCUT2D eigenvalue weighted by atomic mass is 35.5. The molecule has 0 radical (unpaired) electrons. The molecule has 0 saturated carbocycles. The van der Waals surface area contributed by atoms with E-state index in [9.17, 15) is 9.59 Å². The number of imidazole rings is 1. The number of hydrogen-bond acceptors (Lipinski definition) is 3. The lowest BCUT2D eigenvalue weighted by atomic mass is 10.1. The number of amides is 2. The second kappa shape index (κ2) is 8.49. The number of rotatable bonds is 6. The second-order valence-corrected chi connectivity index (χ2v) is 7.54. The van der Waals surface area contributed by atoms with E-state index in [4.69, 9.17) is 11.6 Å². The summed E-state index contributed by atoms with van der Waals surface area (Å²) in [5, 5.41) is 3.61. The van der Waals surface area contributed by atoms with E-state index in [2.05, 4.69) is 10.3 Å². The van der Waals surface area contributed by atoms with Gasteiger partial charge in [-0.2, -0.15) is 0 Å². The summed E-state index contributed by atoms with van der Waals surface area (Å²) in [6.07, 6.45) is 5.63. The van der Waals surface area contributed by atoms with E-state index in [1.165, 1.54) is 0 Å². The van der Waals surface area contributed by atoms with E-state index in [1.807, 2.05) is 35.0 Å². The van der Waals surface area contributed by atoms with Crippen LogP contribution in [-0.2, 0) is 22.7 Å². The van der Waals surface area contributed by atoms with Crippen molar-refractivity contribution in [1.82, 2.24) is 14.9 Å². The smallest absolute Gasteiger partial charge is 0.227 e. The second-order valence-electron chi connectivity index (χ2n) is 7.10. The molecular weight excluding hydrogens is 388 g/mol. The summed E-state index contributed by atoms with van der Waals surface area (Å²) in [5.41, 5.74) is 2.94. The molecule has 2 aromatic carbocycles. The highest BCUT2D eigenvalue weighted by molar-refractivity contribution is 6.30. The van der Waals surface area contributed by atoms with Crippen LogP contribution in [0.4, 0.5) is 5.69 Å². The number of anilines is 1. The van der Waals surface area contributed by atoms with Crippen molar-refractivity contribution in [2.45, 2.75) is 19.5 Å². The molecule has 1 aliphatic rings. The fourth-order valence-electron chi connectivity index (χ4n) is 3.54. The van der Waals surface area contributed by atoms with Crippen LogP contribution >= 0.6 is 11.6 Å². The van der Waals surface area contributed by atoms with Gasteiger partial charge in [-0.3, -0.25) is 9.59 Å². The summed E-state index contributed by atoms with van der Waals surface area (Å²) >= 11 is 5.92. The van der Waals surface area contributed by atoms with E-state index in [1.54, 1.807) is 41.7 Å². The summed E-state index contributed by atoms with van der Waals surface area (Å²) < 4.78 is 1.99. The molecule has 29 heavy (non-hydrogen) atoms. The first-order chi connectivity index (χ1) is 14.1. The maximum atomic E-state index is 12.7. The van der Waals surface area contributed by atoms with Crippen molar-refractivity contribution < 1.29 is 9.59 Å². The average molecular weight is 409 g/mol. The molecule has 7 heteroatoms. The van der Waals surface area contributed by atoms with Crippen LogP contribution < -0.4 is 10.2 Å². The molecule has 1 aromatic heterocycles. The van der Waals surface area contributed by atoms with Gasteiger partial charge >= 0.3 is 0 Å². The Balaban J connectivity index is 1.38. The van der Waals surface area contributed by atoms with Gasteiger partial charge in [-0.25, -0.2) is 4.98 Å². The molecule has 0 spiro atoms. The van der Waals surface area contributed by atoms with Gasteiger partial charge in [0.1, 0.15) is 0 Å². The van der Waals surface area contributed by atoms with Crippen LogP contribution in [0.2, 0.25) is 5.02 Å². The fraction of sp³-hybridized carbons (Fsp3) is 0.227. The topological polar surface area (TPSA) is 67.2 Å². The molecule has 148 valence electrons. The van der Waals surface area contributed by atoms with Crippen LogP contribution in [0.3, 0.4) is 0 Å². The van der Waals surface area contributed by atoms with Crippen LogP contribution in [-0.4, -0.2) is 27.9 Å². The predicted octanol–water partition coefficient (Wildman–Crippen LogP) is 3.25. The van der Waals surface area contributed by atoms with Gasteiger partial charge in [0.25, 0.3) is 0 Å². The molecule has 1 unspecified atom stereocenters. The van der Waals surface area contributed by atoms with Crippen molar-refractivity contribution in [3.05, 3.63) is 83.4 Å². The van der Waals surface area contributed by atoms with Gasteiger partial charge in [-0.1, -0.05) is 35.9 Å². The van der Waals surface area contributed by atoms with Gasteiger partial charge in [0.15, 0.2) is 0 Å². The van der Waals surface area contributed by atoms with Crippen molar-refractivity contribution in [2.24, 2.45) is 5.92 Å². The zero-order valence-corrected chi connectivity index (χ0v) is 16.5. The number of aromatic nitrogens is 2. The Kier molecular flexibility index (Phi) is 5.62. The number of nitrogens with one attached hydrogen (secondary N) is 1. The Labute approximate surface area is 174 Å². The van der Waals surface area contributed by atoms with Crippen LogP contribution in [0.5, 0.6) is 0 Å². The lowest BCUT2D eigenvalue weighted by molar-refractivity contribution is -0.126. The van der Waals surface area contributed by atoms with Crippen LogP contribution in [0.15, 0.2) is 67.3 Å². The van der Waals surface area contributed by atoms with E-state index >= 15 is 0 Å². The lowest BCUT2D eigenvalue weighted by Gasteiger charge is -2.17. The Morgan fingerprint density at radius 1 is 1.14 bits per heavy atom. The van der Waals surface area contributed by atoms with Gasteiger partial charge in [0.05, 0.1) is 12.2 Å². The van der Waals surface area contributed by atoms with Crippen LogP contribution in [0, 0.1) is 5.92 Å². The molecule has 3 aromatic rings. The predicted molar refractivity (Wildman–Crippen MR) is 112 cm³/mol. The maximum Gasteiger partial charge on any atom is 0.227 e. The Morgan fingerprint density at radius 3 is 2.62 bits per heavy atom. The number of nitrogens with zero attached hydrogens (tertiary/aromatic N) is 3. The Morgan fingerprint density at radius 2 is 1.90 bits per heavy atom. The molecular formula is C22H21ClN4O2. The molecule has 1 saturated heterocycles. The molecule has 6 nitrogen and oxygen atoms in total. The maximum absolute atomic E-state index is 12.7. The summed E-state index contributed by atoms with van der Waals surface area (Å²) in [7, 11) is 0. The minimum Gasteiger partial charge on any atom is -0.352 e. The van der Waals surface area contributed by atoms with E-state index in [0.29, 0.717) is 24.7 Å². The van der Waals surface area contributed by atoms with Crippen molar-refractivity contribution in [3.63, 3.8) is 0 Å². The molecule has 1 atom stereocenters. The van der Waals surface area contributed by atoms with Crippen LogP contribution in [0.1, 0.15) is 17.5 Å². The minimum atomic E-state index is -0.362. The molecule has 2 heterocycles. The monoisotopic (exact) mass is 408 g/mol. The average Bonchev–Trinajstić information content (AvgIpc) is 3.37. The van der Waals surface area contributed by atoms with Gasteiger partial charge in [-0.15, -0.1) is 0 Å². The van der Waals surface area contributed by atoms with Gasteiger partial charge in [0.2, 0.25) is 11.8 Å². The molecule has 1 aliphatic heterocycles. The molecule has 2 amide bonds. The summed E-state index contributed by atoms with van der Waals surface area (Å²) in [5.74, 6) is -0.515. The highest BCUT2D eigenvalue weighted by Crippen LogP contribution is 2.26. The largest absolute Gasteiger partial charge is 0.352 e. The van der Waals surface area contributed by atoms with Gasteiger partial charge in [0, 0.05) is 49.2 Å².